The second-order valence-electron chi connectivity index (χ2n) is 4.20. The molecule has 0 bridgehead atoms. The average molecular weight is 283 g/mol. The van der Waals surface area contributed by atoms with E-state index in [1.165, 1.54) is 14.2 Å². The van der Waals surface area contributed by atoms with Crippen molar-refractivity contribution in [2.75, 3.05) is 32.8 Å². The smallest absolute Gasteiger partial charge is 0.372 e. The maximum absolute atomic E-state index is 11.5. The molecule has 0 saturated heterocycles. The van der Waals surface area contributed by atoms with E-state index in [1.54, 1.807) is 19.1 Å². The molecule has 0 fully saturated rings. The summed E-state index contributed by atoms with van der Waals surface area (Å²) in [6, 6.07) is 3.21. The average Bonchev–Trinajstić information content (AvgIpc) is 2.82. The molecule has 0 spiro atoms. The normalized spacial score (nSPS) is 19.8. The fourth-order valence-electron chi connectivity index (χ4n) is 1.94. The maximum atomic E-state index is 11.5. The molecule has 0 aromatic heterocycles. The van der Waals surface area contributed by atoms with Gasteiger partial charge in [-0.2, -0.15) is 0 Å². The van der Waals surface area contributed by atoms with Crippen LogP contribution in [0.25, 0.3) is 0 Å². The summed E-state index contributed by atoms with van der Waals surface area (Å²) in [6.45, 7) is 2.06. The minimum atomic E-state index is -1.63. The highest BCUT2D eigenvalue weighted by Gasteiger charge is 2.47. The molecule has 7 heteroatoms. The monoisotopic (exact) mass is 283 g/mol. The van der Waals surface area contributed by atoms with Crippen LogP contribution in [0.2, 0.25) is 0 Å². The van der Waals surface area contributed by atoms with Crippen LogP contribution in [0.5, 0.6) is 17.2 Å². The van der Waals surface area contributed by atoms with Crippen LogP contribution in [0.4, 0.5) is 5.69 Å². The minimum absolute atomic E-state index is 0.113. The van der Waals surface area contributed by atoms with Crippen molar-refractivity contribution in [2.45, 2.75) is 12.6 Å². The summed E-state index contributed by atoms with van der Waals surface area (Å²) >= 11 is 0. The molecule has 1 aliphatic heterocycles. The number of benzene rings is 1. The molecular formula is C13H17NO6. The molecule has 20 heavy (non-hydrogen) atoms. The Morgan fingerprint density at radius 3 is 2.55 bits per heavy atom. The van der Waals surface area contributed by atoms with Crippen LogP contribution >= 0.6 is 0 Å². The first-order chi connectivity index (χ1) is 9.56. The van der Waals surface area contributed by atoms with Crippen molar-refractivity contribution in [1.82, 2.24) is 0 Å². The van der Waals surface area contributed by atoms with Gasteiger partial charge in [0.25, 0.3) is 0 Å². The molecule has 0 amide bonds. The van der Waals surface area contributed by atoms with Gasteiger partial charge >= 0.3 is 11.7 Å². The van der Waals surface area contributed by atoms with Crippen molar-refractivity contribution in [3.8, 4) is 17.2 Å². The van der Waals surface area contributed by atoms with E-state index in [2.05, 4.69) is 5.32 Å². The summed E-state index contributed by atoms with van der Waals surface area (Å²) in [5.74, 6) is 0.176. The SMILES string of the molecule is CCOCC1(C(=O)O)Nc2cc(OC)c(OC)cc2O1. The quantitative estimate of drug-likeness (QED) is 0.814. The molecule has 1 aromatic carbocycles. The first-order valence-corrected chi connectivity index (χ1v) is 6.10. The van der Waals surface area contributed by atoms with E-state index in [-0.39, 0.29) is 6.61 Å². The first kappa shape index (κ1) is 14.3. The molecule has 1 atom stereocenters. The molecule has 1 aromatic rings. The van der Waals surface area contributed by atoms with Crippen molar-refractivity contribution in [3.63, 3.8) is 0 Å². The third kappa shape index (κ3) is 2.32. The van der Waals surface area contributed by atoms with Crippen molar-refractivity contribution in [2.24, 2.45) is 0 Å². The van der Waals surface area contributed by atoms with Crippen LogP contribution in [0.3, 0.4) is 0 Å². The number of hydrogen-bond acceptors (Lipinski definition) is 6. The predicted molar refractivity (Wildman–Crippen MR) is 70.7 cm³/mol. The predicted octanol–water partition coefficient (Wildman–Crippen LogP) is 1.33. The molecule has 2 rings (SSSR count). The van der Waals surface area contributed by atoms with Crippen molar-refractivity contribution in [1.29, 1.82) is 0 Å². The number of carboxylic acid groups (broad SMARTS) is 1. The van der Waals surface area contributed by atoms with Gasteiger partial charge in [0.1, 0.15) is 6.61 Å². The second-order valence-corrected chi connectivity index (χ2v) is 4.20. The topological polar surface area (TPSA) is 86.3 Å². The van der Waals surface area contributed by atoms with Gasteiger partial charge < -0.3 is 29.4 Å². The fraction of sp³-hybridized carbons (Fsp3) is 0.462. The van der Waals surface area contributed by atoms with Gasteiger partial charge in [-0.3, -0.25) is 0 Å². The Kier molecular flexibility index (Phi) is 3.89. The summed E-state index contributed by atoms with van der Waals surface area (Å²) in [5, 5.41) is 12.2. The maximum Gasteiger partial charge on any atom is 0.372 e. The molecule has 0 radical (unpaired) electrons. The minimum Gasteiger partial charge on any atom is -0.493 e. The zero-order valence-corrected chi connectivity index (χ0v) is 11.6. The number of hydrogen-bond donors (Lipinski definition) is 2. The molecule has 1 aliphatic rings. The van der Waals surface area contributed by atoms with Gasteiger partial charge in [0, 0.05) is 18.7 Å². The molecular weight excluding hydrogens is 266 g/mol. The highest BCUT2D eigenvalue weighted by Crippen LogP contribution is 2.44. The molecule has 2 N–H and O–H groups in total. The molecule has 7 nitrogen and oxygen atoms in total. The number of rotatable bonds is 6. The van der Waals surface area contributed by atoms with E-state index in [0.717, 1.165) is 0 Å². The number of carbonyl (C=O) groups is 1. The Morgan fingerprint density at radius 1 is 1.35 bits per heavy atom. The van der Waals surface area contributed by atoms with Crippen LogP contribution in [-0.2, 0) is 9.53 Å². The first-order valence-electron chi connectivity index (χ1n) is 6.10. The summed E-state index contributed by atoms with van der Waals surface area (Å²) in [6.07, 6.45) is 0. The Morgan fingerprint density at radius 2 is 2.00 bits per heavy atom. The van der Waals surface area contributed by atoms with Crippen molar-refractivity contribution < 1.29 is 28.8 Å². The lowest BCUT2D eigenvalue weighted by atomic mass is 10.2. The number of aliphatic carboxylic acids is 1. The van der Waals surface area contributed by atoms with Crippen molar-refractivity contribution in [3.05, 3.63) is 12.1 Å². The molecule has 110 valence electrons. The zero-order chi connectivity index (χ0) is 14.8. The largest absolute Gasteiger partial charge is 0.493 e. The second kappa shape index (κ2) is 5.46. The van der Waals surface area contributed by atoms with Gasteiger partial charge in [-0.1, -0.05) is 0 Å². The molecule has 1 unspecified atom stereocenters. The summed E-state index contributed by atoms with van der Waals surface area (Å²) < 4.78 is 21.1. The van der Waals surface area contributed by atoms with Gasteiger partial charge in [-0.15, -0.1) is 0 Å². The third-order valence-corrected chi connectivity index (χ3v) is 2.96. The van der Waals surface area contributed by atoms with Crippen LogP contribution in [0.1, 0.15) is 6.92 Å². The lowest BCUT2D eigenvalue weighted by molar-refractivity contribution is -0.156. The summed E-state index contributed by atoms with van der Waals surface area (Å²) in [7, 11) is 3.00. The number of anilines is 1. The Labute approximate surface area is 116 Å². The third-order valence-electron chi connectivity index (χ3n) is 2.96. The standard InChI is InChI=1S/C13H17NO6/c1-4-19-7-13(12(15)16)14-8-5-10(17-2)11(18-3)6-9(8)20-13/h5-6,14H,4,7H2,1-3H3,(H,15,16). The lowest BCUT2D eigenvalue weighted by Crippen LogP contribution is -2.52. The van der Waals surface area contributed by atoms with Crippen LogP contribution in [0, 0.1) is 0 Å². The van der Waals surface area contributed by atoms with Gasteiger partial charge in [-0.05, 0) is 6.92 Å². The van der Waals surface area contributed by atoms with E-state index in [1.807, 2.05) is 0 Å². The van der Waals surface area contributed by atoms with E-state index in [0.29, 0.717) is 29.5 Å². The number of nitrogens with one attached hydrogen (secondary N) is 1. The van der Waals surface area contributed by atoms with E-state index >= 15 is 0 Å². The number of methoxy groups -OCH3 is 2. The molecule has 0 saturated carbocycles. The highest BCUT2D eigenvalue weighted by atomic mass is 16.6. The van der Waals surface area contributed by atoms with E-state index < -0.39 is 11.7 Å². The van der Waals surface area contributed by atoms with E-state index in [9.17, 15) is 9.90 Å². The lowest BCUT2D eigenvalue weighted by Gasteiger charge is -2.23. The van der Waals surface area contributed by atoms with Crippen molar-refractivity contribution >= 4 is 11.7 Å². The van der Waals surface area contributed by atoms with Gasteiger partial charge in [0.15, 0.2) is 17.2 Å². The summed E-state index contributed by atoms with van der Waals surface area (Å²) in [4.78, 5) is 11.5. The Bertz CT molecular complexity index is 483. The Balaban J connectivity index is 2.35. The number of ether oxygens (including phenoxy) is 4. The Hall–Kier alpha value is -2.15. The van der Waals surface area contributed by atoms with Crippen LogP contribution in [-0.4, -0.2) is 44.2 Å². The van der Waals surface area contributed by atoms with E-state index in [4.69, 9.17) is 18.9 Å². The number of fused-ring (bicyclic) bond motifs is 1. The van der Waals surface area contributed by atoms with Crippen LogP contribution in [0.15, 0.2) is 12.1 Å². The van der Waals surface area contributed by atoms with Gasteiger partial charge in [0.2, 0.25) is 0 Å². The van der Waals surface area contributed by atoms with Gasteiger partial charge in [0.05, 0.1) is 19.9 Å². The molecule has 1 heterocycles. The summed E-state index contributed by atoms with van der Waals surface area (Å²) in [5.41, 5.74) is -1.11. The van der Waals surface area contributed by atoms with Gasteiger partial charge in [-0.25, -0.2) is 4.79 Å². The highest BCUT2D eigenvalue weighted by molar-refractivity contribution is 5.86. The zero-order valence-electron chi connectivity index (χ0n) is 11.6. The molecule has 0 aliphatic carbocycles. The number of carboxylic acids is 1. The fourth-order valence-corrected chi connectivity index (χ4v) is 1.94. The van der Waals surface area contributed by atoms with Crippen LogP contribution < -0.4 is 19.5 Å².